The summed E-state index contributed by atoms with van der Waals surface area (Å²) in [5, 5.41) is 3.49. The van der Waals surface area contributed by atoms with Crippen molar-refractivity contribution >= 4 is 52.6 Å². The molecule has 10 nitrogen and oxygen atoms in total. The second-order valence-corrected chi connectivity index (χ2v) is 8.35. The molecule has 2 fully saturated rings. The number of rotatable bonds is 7. The second kappa shape index (κ2) is 9.71. The van der Waals surface area contributed by atoms with E-state index in [4.69, 9.17) is 42.9 Å². The van der Waals surface area contributed by atoms with Gasteiger partial charge in [-0.3, -0.25) is 19.2 Å². The van der Waals surface area contributed by atoms with E-state index in [9.17, 15) is 19.2 Å². The summed E-state index contributed by atoms with van der Waals surface area (Å²) in [6.07, 6.45) is 1.60. The number of halogens is 1. The van der Waals surface area contributed by atoms with Gasteiger partial charge in [0.1, 0.15) is 12.6 Å². The first kappa shape index (κ1) is 24.0. The minimum Gasteiger partial charge on any atom is -0.427 e. The highest BCUT2D eigenvalue weighted by molar-refractivity contribution is 7.80. The average Bonchev–Trinajstić information content (AvgIpc) is 3.23. The van der Waals surface area contributed by atoms with Crippen molar-refractivity contribution in [3.8, 4) is 0 Å². The monoisotopic (exact) mass is 462 g/mol. The van der Waals surface area contributed by atoms with E-state index in [2.05, 4.69) is 5.32 Å². The van der Waals surface area contributed by atoms with E-state index in [1.165, 1.54) is 5.54 Å². The molecule has 2 aliphatic rings. The van der Waals surface area contributed by atoms with E-state index < -0.39 is 47.8 Å². The molecule has 2 heterocycles. The smallest absolute Gasteiger partial charge is 0.377 e. The van der Waals surface area contributed by atoms with Crippen LogP contribution in [0.15, 0.2) is 11.6 Å². The molecule has 12 heteroatoms. The van der Waals surface area contributed by atoms with Crippen molar-refractivity contribution in [2.24, 2.45) is 5.41 Å². The molecule has 30 heavy (non-hydrogen) atoms. The highest BCUT2D eigenvalue weighted by Gasteiger charge is 2.60. The third-order valence-corrected chi connectivity index (χ3v) is 4.65. The van der Waals surface area contributed by atoms with Crippen molar-refractivity contribution < 1.29 is 38.2 Å². The fourth-order valence-electron chi connectivity index (χ4n) is 2.61. The Morgan fingerprint density at radius 2 is 2.07 bits per heavy atom. The number of hydrogen-bond acceptors (Lipinski definition) is 9. The van der Waals surface area contributed by atoms with Gasteiger partial charge < -0.3 is 19.5 Å². The molecule has 1 unspecified atom stereocenters. The summed E-state index contributed by atoms with van der Waals surface area (Å²) in [6.45, 7) is 4.06. The van der Waals surface area contributed by atoms with E-state index >= 15 is 0 Å². The van der Waals surface area contributed by atoms with Crippen molar-refractivity contribution in [2.75, 3.05) is 13.4 Å². The van der Waals surface area contributed by atoms with Crippen molar-refractivity contribution in [2.45, 2.75) is 51.8 Å². The molecule has 166 valence electrons. The largest absolute Gasteiger partial charge is 0.427 e. The van der Waals surface area contributed by atoms with Crippen LogP contribution in [-0.4, -0.2) is 59.0 Å². The molecule has 0 aromatic rings. The Kier molecular flexibility index (Phi) is 7.78. The maximum atomic E-state index is 12.8. The Hall–Kier alpha value is -2.24. The van der Waals surface area contributed by atoms with Crippen LogP contribution in [0, 0.1) is 5.41 Å². The molecule has 2 atom stereocenters. The Bertz CT molecular complexity index is 766. The normalized spacial score (nSPS) is 24.1. The van der Waals surface area contributed by atoms with Gasteiger partial charge in [-0.05, 0) is 20.8 Å². The van der Waals surface area contributed by atoms with Crippen LogP contribution in [0.4, 0.5) is 0 Å². The fraction of sp³-hybridized carbons (Fsp3) is 0.611. The summed E-state index contributed by atoms with van der Waals surface area (Å²) in [6, 6.07) is -0.885. The Morgan fingerprint density at radius 3 is 2.63 bits per heavy atom. The van der Waals surface area contributed by atoms with Gasteiger partial charge in [-0.25, -0.2) is 4.79 Å². The van der Waals surface area contributed by atoms with Crippen molar-refractivity contribution in [3.05, 3.63) is 11.6 Å². The van der Waals surface area contributed by atoms with E-state index in [0.717, 1.165) is 0 Å². The van der Waals surface area contributed by atoms with E-state index in [1.807, 2.05) is 0 Å². The van der Waals surface area contributed by atoms with Gasteiger partial charge in [-0.1, -0.05) is 29.9 Å². The van der Waals surface area contributed by atoms with Crippen LogP contribution in [-0.2, 0) is 38.2 Å². The highest BCUT2D eigenvalue weighted by atomic mass is 35.5. The van der Waals surface area contributed by atoms with E-state index in [1.54, 1.807) is 26.8 Å². The Morgan fingerprint density at radius 1 is 1.37 bits per heavy atom. The molecule has 0 aromatic heterocycles. The van der Waals surface area contributed by atoms with E-state index in [-0.39, 0.29) is 19.4 Å². The SMILES string of the molecule is CC(C)(C)C(=O)OCOC(=O)C1(N2OC[C@H](NC(=S)CC=CCl)C2=O)CCC(=O)O1. The molecule has 0 aliphatic carbocycles. The molecule has 0 saturated carbocycles. The zero-order chi connectivity index (χ0) is 22.5. The van der Waals surface area contributed by atoms with Gasteiger partial charge in [-0.2, -0.15) is 5.06 Å². The molecule has 1 amide bonds. The fourth-order valence-corrected chi connectivity index (χ4v) is 2.94. The van der Waals surface area contributed by atoms with Crippen LogP contribution < -0.4 is 5.32 Å². The number of thiocarbonyl (C=S) groups is 1. The first-order valence-corrected chi connectivity index (χ1v) is 9.93. The van der Waals surface area contributed by atoms with Crippen LogP contribution in [0.25, 0.3) is 0 Å². The quantitative estimate of drug-likeness (QED) is 0.336. The van der Waals surface area contributed by atoms with E-state index in [0.29, 0.717) is 16.5 Å². The van der Waals surface area contributed by atoms with Gasteiger partial charge in [0.25, 0.3) is 5.91 Å². The van der Waals surface area contributed by atoms with Gasteiger partial charge in [-0.15, -0.1) is 0 Å². The molecular formula is C18H23ClN2O8S. The molecule has 1 N–H and O–H groups in total. The lowest BCUT2D eigenvalue weighted by molar-refractivity contribution is -0.262. The number of amides is 1. The number of nitrogens with zero attached hydrogens (tertiary/aromatic N) is 1. The van der Waals surface area contributed by atoms with Gasteiger partial charge in [0.15, 0.2) is 0 Å². The summed E-state index contributed by atoms with van der Waals surface area (Å²) in [7, 11) is 0. The van der Waals surface area contributed by atoms with Crippen molar-refractivity contribution in [1.29, 1.82) is 0 Å². The molecule has 0 radical (unpaired) electrons. The maximum absolute atomic E-state index is 12.8. The second-order valence-electron chi connectivity index (χ2n) is 7.60. The minimum absolute atomic E-state index is 0.124. The molecule has 2 aliphatic heterocycles. The Balaban J connectivity index is 2.07. The highest BCUT2D eigenvalue weighted by Crippen LogP contribution is 2.35. The minimum atomic E-state index is -2.10. The predicted octanol–water partition coefficient (Wildman–Crippen LogP) is 1.31. The van der Waals surface area contributed by atoms with Crippen LogP contribution >= 0.6 is 23.8 Å². The van der Waals surface area contributed by atoms with Gasteiger partial charge in [0.05, 0.1) is 16.8 Å². The molecule has 0 bridgehead atoms. The third-order valence-electron chi connectivity index (χ3n) is 4.19. The van der Waals surface area contributed by atoms with Crippen LogP contribution in [0.1, 0.15) is 40.0 Å². The van der Waals surface area contributed by atoms with Crippen molar-refractivity contribution in [1.82, 2.24) is 10.4 Å². The zero-order valence-electron chi connectivity index (χ0n) is 16.8. The number of hydrogen-bond donors (Lipinski definition) is 1. The van der Waals surface area contributed by atoms with Gasteiger partial charge in [0, 0.05) is 18.4 Å². The topological polar surface area (TPSA) is 120 Å². The van der Waals surface area contributed by atoms with Crippen LogP contribution in [0.5, 0.6) is 0 Å². The molecule has 2 saturated heterocycles. The molecule has 0 aromatic carbocycles. The van der Waals surface area contributed by atoms with Crippen molar-refractivity contribution in [3.63, 3.8) is 0 Å². The first-order chi connectivity index (χ1) is 14.0. The lowest BCUT2D eigenvalue weighted by atomic mass is 9.98. The summed E-state index contributed by atoms with van der Waals surface area (Å²) < 4.78 is 15.0. The number of carbonyl (C=O) groups is 4. The molecule has 0 spiro atoms. The number of ether oxygens (including phenoxy) is 3. The number of nitrogens with one attached hydrogen (secondary N) is 1. The van der Waals surface area contributed by atoms with Crippen LogP contribution in [0.3, 0.4) is 0 Å². The molecule has 2 rings (SSSR count). The molecular weight excluding hydrogens is 440 g/mol. The summed E-state index contributed by atoms with van der Waals surface area (Å²) in [4.78, 5) is 54.7. The number of cyclic esters (lactones) is 1. The number of carbonyl (C=O) groups excluding carboxylic acids is 4. The number of esters is 3. The lowest BCUT2D eigenvalue weighted by Crippen LogP contribution is -2.57. The number of hydroxylamine groups is 2. The standard InChI is InChI=1S/C18H23ClN2O8S/c1-17(2,3)15(24)26-10-27-16(25)18(7-6-13(22)29-18)21-14(23)11(9-28-21)20-12(30)5-4-8-19/h4,8,11H,5-7,9-10H2,1-3H3,(H,20,30)/t11-,18?/m0/s1. The third kappa shape index (κ3) is 5.46. The summed E-state index contributed by atoms with van der Waals surface area (Å²) >= 11 is 10.6. The van der Waals surface area contributed by atoms with Crippen LogP contribution in [0.2, 0.25) is 0 Å². The zero-order valence-corrected chi connectivity index (χ0v) is 18.3. The summed E-state index contributed by atoms with van der Waals surface area (Å²) in [5.41, 5.74) is -1.60. The first-order valence-electron chi connectivity index (χ1n) is 9.09. The Labute approximate surface area is 183 Å². The lowest BCUT2D eigenvalue weighted by Gasteiger charge is -2.32. The maximum Gasteiger partial charge on any atom is 0.377 e. The average molecular weight is 463 g/mol. The van der Waals surface area contributed by atoms with Gasteiger partial charge in [0.2, 0.25) is 6.79 Å². The predicted molar refractivity (Wildman–Crippen MR) is 106 cm³/mol. The van der Waals surface area contributed by atoms with Gasteiger partial charge >= 0.3 is 23.6 Å². The summed E-state index contributed by atoms with van der Waals surface area (Å²) in [5.74, 6) is -3.04.